The van der Waals surface area contributed by atoms with Crippen molar-refractivity contribution in [2.75, 3.05) is 6.61 Å². The highest BCUT2D eigenvalue weighted by Crippen LogP contribution is 2.20. The first kappa shape index (κ1) is 11.0. The van der Waals surface area contributed by atoms with Gasteiger partial charge in [0.2, 0.25) is 0 Å². The molecule has 0 bridgehead atoms. The average molecular weight is 226 g/mol. The number of benzene rings is 1. The Labute approximate surface area is 91.3 Å². The van der Waals surface area contributed by atoms with E-state index in [2.05, 4.69) is 4.98 Å². The molecule has 0 unspecified atom stereocenters. The van der Waals surface area contributed by atoms with Gasteiger partial charge in [-0.1, -0.05) is 6.92 Å². The highest BCUT2D eigenvalue weighted by Gasteiger charge is 2.12. The number of nitrogens with zero attached hydrogens (tertiary/aromatic N) is 2. The van der Waals surface area contributed by atoms with Crippen molar-refractivity contribution in [2.45, 2.75) is 19.9 Å². The molecule has 0 aliphatic heterocycles. The Morgan fingerprint density at radius 3 is 2.62 bits per heavy atom. The van der Waals surface area contributed by atoms with Gasteiger partial charge in [-0.15, -0.1) is 0 Å². The standard InChI is InChI=1S/C11H12F2N2O/c1-2-11-14-9-5-7(12)8(13)6-10(9)15(11)3-4-16/h5-6,16H,2-4H2,1H3. The van der Waals surface area contributed by atoms with Crippen LogP contribution in [0.5, 0.6) is 0 Å². The predicted octanol–water partition coefficient (Wildman–Crippen LogP) is 1.87. The summed E-state index contributed by atoms with van der Waals surface area (Å²) in [6.45, 7) is 2.18. The zero-order chi connectivity index (χ0) is 11.7. The SMILES string of the molecule is CCc1nc2cc(F)c(F)cc2n1CCO. The predicted molar refractivity (Wildman–Crippen MR) is 56.1 cm³/mol. The molecule has 2 aromatic rings. The van der Waals surface area contributed by atoms with Gasteiger partial charge in [0.15, 0.2) is 11.6 Å². The molecule has 3 nitrogen and oxygen atoms in total. The Morgan fingerprint density at radius 2 is 2.00 bits per heavy atom. The second-order valence-corrected chi connectivity index (χ2v) is 3.51. The summed E-state index contributed by atoms with van der Waals surface area (Å²) < 4.78 is 27.8. The van der Waals surface area contributed by atoms with E-state index in [9.17, 15) is 8.78 Å². The van der Waals surface area contributed by atoms with Gasteiger partial charge in [-0.2, -0.15) is 0 Å². The minimum absolute atomic E-state index is 0.0581. The van der Waals surface area contributed by atoms with Crippen LogP contribution in [0.15, 0.2) is 12.1 Å². The molecule has 86 valence electrons. The maximum Gasteiger partial charge on any atom is 0.161 e. The topological polar surface area (TPSA) is 38.0 Å². The van der Waals surface area contributed by atoms with Crippen LogP contribution in [0.2, 0.25) is 0 Å². The van der Waals surface area contributed by atoms with Crippen LogP contribution in [0.4, 0.5) is 8.78 Å². The van der Waals surface area contributed by atoms with E-state index < -0.39 is 11.6 Å². The molecule has 0 amide bonds. The number of hydrogen-bond donors (Lipinski definition) is 1. The van der Waals surface area contributed by atoms with Gasteiger partial charge in [-0.05, 0) is 0 Å². The summed E-state index contributed by atoms with van der Waals surface area (Å²) >= 11 is 0. The molecule has 1 N–H and O–H groups in total. The first-order chi connectivity index (χ1) is 7.67. The van der Waals surface area contributed by atoms with Crippen molar-refractivity contribution in [3.05, 3.63) is 29.6 Å². The third kappa shape index (κ3) is 1.67. The third-order valence-corrected chi connectivity index (χ3v) is 2.51. The lowest BCUT2D eigenvalue weighted by Gasteiger charge is -2.05. The summed E-state index contributed by atoms with van der Waals surface area (Å²) in [7, 11) is 0. The highest BCUT2D eigenvalue weighted by molar-refractivity contribution is 5.76. The Kier molecular flexibility index (Phi) is 2.87. The highest BCUT2D eigenvalue weighted by atomic mass is 19.2. The van der Waals surface area contributed by atoms with E-state index in [0.717, 1.165) is 12.1 Å². The van der Waals surface area contributed by atoms with Crippen LogP contribution in [-0.2, 0) is 13.0 Å². The van der Waals surface area contributed by atoms with E-state index in [4.69, 9.17) is 5.11 Å². The van der Waals surface area contributed by atoms with E-state index in [0.29, 0.717) is 29.8 Å². The third-order valence-electron chi connectivity index (χ3n) is 2.51. The van der Waals surface area contributed by atoms with Crippen molar-refractivity contribution in [1.82, 2.24) is 9.55 Å². The normalized spacial score (nSPS) is 11.2. The van der Waals surface area contributed by atoms with Crippen molar-refractivity contribution in [1.29, 1.82) is 0 Å². The molecule has 0 fully saturated rings. The summed E-state index contributed by atoms with van der Waals surface area (Å²) in [6, 6.07) is 2.20. The Balaban J connectivity index is 2.69. The quantitative estimate of drug-likeness (QED) is 0.867. The van der Waals surface area contributed by atoms with Crippen molar-refractivity contribution in [3.63, 3.8) is 0 Å². The first-order valence-electron chi connectivity index (χ1n) is 5.12. The fraction of sp³-hybridized carbons (Fsp3) is 0.364. The van der Waals surface area contributed by atoms with Crippen LogP contribution in [0.3, 0.4) is 0 Å². The van der Waals surface area contributed by atoms with Gasteiger partial charge in [0.25, 0.3) is 0 Å². The summed E-state index contributed by atoms with van der Waals surface area (Å²) in [5, 5.41) is 8.92. The van der Waals surface area contributed by atoms with Crippen molar-refractivity contribution in [2.24, 2.45) is 0 Å². The van der Waals surface area contributed by atoms with Gasteiger partial charge in [0, 0.05) is 25.1 Å². The Bertz CT molecular complexity index is 522. The number of imidazole rings is 1. The molecule has 0 saturated carbocycles. The lowest BCUT2D eigenvalue weighted by molar-refractivity contribution is 0.276. The molecule has 1 heterocycles. The summed E-state index contributed by atoms with van der Waals surface area (Å²) in [4.78, 5) is 4.20. The average Bonchev–Trinajstić information content (AvgIpc) is 2.58. The minimum atomic E-state index is -0.899. The van der Waals surface area contributed by atoms with Crippen LogP contribution in [0, 0.1) is 11.6 Å². The molecule has 1 aromatic carbocycles. The fourth-order valence-electron chi connectivity index (χ4n) is 1.79. The van der Waals surface area contributed by atoms with Crippen molar-refractivity contribution >= 4 is 11.0 Å². The van der Waals surface area contributed by atoms with Crippen molar-refractivity contribution < 1.29 is 13.9 Å². The van der Waals surface area contributed by atoms with Crippen LogP contribution in [0.25, 0.3) is 11.0 Å². The molecule has 0 spiro atoms. The van der Waals surface area contributed by atoms with Crippen molar-refractivity contribution in [3.8, 4) is 0 Å². The Morgan fingerprint density at radius 1 is 1.31 bits per heavy atom. The van der Waals surface area contributed by atoms with Crippen LogP contribution < -0.4 is 0 Å². The smallest absolute Gasteiger partial charge is 0.161 e. The molecular weight excluding hydrogens is 214 g/mol. The lowest BCUT2D eigenvalue weighted by atomic mass is 10.3. The van der Waals surface area contributed by atoms with Crippen LogP contribution >= 0.6 is 0 Å². The molecule has 0 saturated heterocycles. The molecule has 0 aliphatic rings. The molecule has 16 heavy (non-hydrogen) atoms. The zero-order valence-electron chi connectivity index (χ0n) is 8.87. The van der Waals surface area contributed by atoms with Gasteiger partial charge in [0.1, 0.15) is 5.82 Å². The molecule has 1 aromatic heterocycles. The number of fused-ring (bicyclic) bond motifs is 1. The van der Waals surface area contributed by atoms with E-state index >= 15 is 0 Å². The molecule has 0 aliphatic carbocycles. The lowest BCUT2D eigenvalue weighted by Crippen LogP contribution is -2.06. The number of aliphatic hydroxyl groups excluding tert-OH is 1. The van der Waals surface area contributed by atoms with E-state index in [-0.39, 0.29) is 6.61 Å². The van der Waals surface area contributed by atoms with Gasteiger partial charge < -0.3 is 9.67 Å². The van der Waals surface area contributed by atoms with Crippen LogP contribution in [-0.4, -0.2) is 21.3 Å². The van der Waals surface area contributed by atoms with Gasteiger partial charge >= 0.3 is 0 Å². The number of hydrogen-bond acceptors (Lipinski definition) is 2. The second-order valence-electron chi connectivity index (χ2n) is 3.51. The fourth-order valence-corrected chi connectivity index (χ4v) is 1.79. The molecule has 0 atom stereocenters. The van der Waals surface area contributed by atoms with E-state index in [1.807, 2.05) is 6.92 Å². The van der Waals surface area contributed by atoms with Gasteiger partial charge in [-0.25, -0.2) is 13.8 Å². The maximum absolute atomic E-state index is 13.1. The minimum Gasteiger partial charge on any atom is -0.395 e. The number of rotatable bonds is 3. The number of aliphatic hydroxyl groups is 1. The maximum atomic E-state index is 13.1. The Hall–Kier alpha value is -1.49. The summed E-state index contributed by atoms with van der Waals surface area (Å²) in [5.74, 6) is -1.08. The van der Waals surface area contributed by atoms with E-state index in [1.165, 1.54) is 0 Å². The number of aromatic nitrogens is 2. The molecule has 2 rings (SSSR count). The largest absolute Gasteiger partial charge is 0.395 e. The van der Waals surface area contributed by atoms with E-state index in [1.54, 1.807) is 4.57 Å². The van der Waals surface area contributed by atoms with Crippen LogP contribution in [0.1, 0.15) is 12.7 Å². The number of halogens is 2. The summed E-state index contributed by atoms with van der Waals surface area (Å²) in [6.07, 6.45) is 0.651. The molecular formula is C11H12F2N2O. The second kappa shape index (κ2) is 4.17. The zero-order valence-corrected chi connectivity index (χ0v) is 8.87. The molecule has 0 radical (unpaired) electrons. The summed E-state index contributed by atoms with van der Waals surface area (Å²) in [5.41, 5.74) is 0.939. The van der Waals surface area contributed by atoms with Gasteiger partial charge in [-0.3, -0.25) is 0 Å². The monoisotopic (exact) mass is 226 g/mol. The number of aryl methyl sites for hydroxylation is 1. The van der Waals surface area contributed by atoms with Gasteiger partial charge in [0.05, 0.1) is 17.6 Å². The first-order valence-corrected chi connectivity index (χ1v) is 5.12. The molecule has 5 heteroatoms.